The van der Waals surface area contributed by atoms with Crippen molar-refractivity contribution in [3.05, 3.63) is 46.2 Å². The van der Waals surface area contributed by atoms with Crippen LogP contribution < -0.4 is 10.3 Å². The molecule has 1 heterocycles. The number of methoxy groups -OCH3 is 1. The van der Waals surface area contributed by atoms with Crippen molar-refractivity contribution in [2.45, 2.75) is 29.5 Å². The second-order valence-corrected chi connectivity index (χ2v) is 8.56. The summed E-state index contributed by atoms with van der Waals surface area (Å²) >= 11 is 3.43. The van der Waals surface area contributed by atoms with Crippen LogP contribution in [-0.2, 0) is 4.74 Å². The average Bonchev–Trinajstić information content (AvgIpc) is 2.62. The van der Waals surface area contributed by atoms with Gasteiger partial charge in [0.15, 0.2) is 6.79 Å². The molecule has 1 aromatic heterocycles. The maximum atomic E-state index is 12.1. The minimum absolute atomic E-state index is 0.174. The van der Waals surface area contributed by atoms with Gasteiger partial charge in [0.05, 0.1) is 10.6 Å². The summed E-state index contributed by atoms with van der Waals surface area (Å²) in [5.41, 5.74) is 1.76. The highest BCUT2D eigenvalue weighted by Gasteiger charge is 2.18. The Morgan fingerprint density at radius 1 is 1.31 bits per heavy atom. The number of hydrogen-bond donors (Lipinski definition) is 1. The van der Waals surface area contributed by atoms with E-state index in [0.29, 0.717) is 21.9 Å². The second-order valence-electron chi connectivity index (χ2n) is 5.92. The number of H-pyrrole nitrogens is 1. The molecular weight excluding hydrogens is 368 g/mol. The molecule has 1 N–H and O–H groups in total. The van der Waals surface area contributed by atoms with Crippen LogP contribution in [0.2, 0.25) is 0 Å². The summed E-state index contributed by atoms with van der Waals surface area (Å²) in [4.78, 5) is 14.9. The number of nitrogens with one attached hydrogen (secondary N) is 1. The lowest BCUT2D eigenvalue weighted by atomic mass is 10.0. The standard InChI is InChI=1S/C19H20N2O3S2/c1-23-11-24-14-7-5-13(6-8-14)16-9-18(22)21-19(17(16)10-20)26-12-25-15-3-2-4-15/h5-9,15H,2-4,11-12H2,1H3,(H,21,22). The van der Waals surface area contributed by atoms with Crippen LogP contribution in [0.4, 0.5) is 0 Å². The number of aromatic amines is 1. The number of nitrogens with zero attached hydrogens (tertiary/aromatic N) is 1. The number of pyridine rings is 1. The third kappa shape index (κ3) is 4.64. The quantitative estimate of drug-likeness (QED) is 0.539. The highest BCUT2D eigenvalue weighted by molar-refractivity contribution is 8.16. The van der Waals surface area contributed by atoms with Crippen LogP contribution in [0.1, 0.15) is 24.8 Å². The van der Waals surface area contributed by atoms with Gasteiger partial charge in [0, 0.05) is 29.1 Å². The number of benzene rings is 1. The normalized spacial score (nSPS) is 13.8. The van der Waals surface area contributed by atoms with Gasteiger partial charge in [-0.1, -0.05) is 30.3 Å². The van der Waals surface area contributed by atoms with Gasteiger partial charge in [-0.05, 0) is 30.5 Å². The van der Waals surface area contributed by atoms with Crippen LogP contribution >= 0.6 is 23.5 Å². The van der Waals surface area contributed by atoms with Crippen LogP contribution in [0.15, 0.2) is 40.2 Å². The third-order valence-electron chi connectivity index (χ3n) is 4.19. The number of thioether (sulfide) groups is 2. The van der Waals surface area contributed by atoms with Crippen LogP contribution in [0, 0.1) is 11.3 Å². The zero-order chi connectivity index (χ0) is 18.4. The van der Waals surface area contributed by atoms with E-state index in [1.165, 1.54) is 37.1 Å². The summed E-state index contributed by atoms with van der Waals surface area (Å²) in [7, 11) is 1.56. The molecule has 1 aromatic carbocycles. The van der Waals surface area contributed by atoms with Crippen LogP contribution in [0.5, 0.6) is 5.75 Å². The van der Waals surface area contributed by atoms with Crippen molar-refractivity contribution < 1.29 is 9.47 Å². The fraction of sp³-hybridized carbons (Fsp3) is 0.368. The highest BCUT2D eigenvalue weighted by atomic mass is 32.2. The molecule has 5 nitrogen and oxygen atoms in total. The average molecular weight is 389 g/mol. The lowest BCUT2D eigenvalue weighted by Crippen LogP contribution is -2.13. The van der Waals surface area contributed by atoms with Gasteiger partial charge < -0.3 is 14.5 Å². The van der Waals surface area contributed by atoms with Crippen molar-refractivity contribution in [1.29, 1.82) is 5.26 Å². The van der Waals surface area contributed by atoms with Gasteiger partial charge in [-0.2, -0.15) is 5.26 Å². The van der Waals surface area contributed by atoms with Crippen molar-refractivity contribution in [3.63, 3.8) is 0 Å². The van der Waals surface area contributed by atoms with Gasteiger partial charge in [0.25, 0.3) is 0 Å². The fourth-order valence-electron chi connectivity index (χ4n) is 2.57. The lowest BCUT2D eigenvalue weighted by molar-refractivity contribution is 0.0511. The Kier molecular flexibility index (Phi) is 6.67. The fourth-order valence-corrected chi connectivity index (χ4v) is 5.22. The van der Waals surface area contributed by atoms with E-state index in [1.807, 2.05) is 23.9 Å². The molecule has 136 valence electrons. The first kappa shape index (κ1) is 18.9. The van der Waals surface area contributed by atoms with E-state index in [2.05, 4.69) is 11.1 Å². The maximum absolute atomic E-state index is 12.1. The van der Waals surface area contributed by atoms with Gasteiger partial charge >= 0.3 is 0 Å². The summed E-state index contributed by atoms with van der Waals surface area (Å²) in [5, 5.41) is 11.9. The van der Waals surface area contributed by atoms with E-state index in [9.17, 15) is 10.1 Å². The number of nitriles is 1. The van der Waals surface area contributed by atoms with E-state index in [-0.39, 0.29) is 12.4 Å². The molecule has 2 aromatic rings. The molecular formula is C19H20N2O3S2. The summed E-state index contributed by atoms with van der Waals surface area (Å²) in [5.74, 6) is 0.672. The summed E-state index contributed by atoms with van der Waals surface area (Å²) in [6.45, 7) is 0.174. The van der Waals surface area contributed by atoms with Crippen LogP contribution in [0.3, 0.4) is 0 Å². The van der Waals surface area contributed by atoms with Crippen molar-refractivity contribution >= 4 is 23.5 Å². The van der Waals surface area contributed by atoms with E-state index in [4.69, 9.17) is 9.47 Å². The first-order valence-electron chi connectivity index (χ1n) is 8.35. The van der Waals surface area contributed by atoms with Gasteiger partial charge in [-0.25, -0.2) is 0 Å². The molecule has 0 radical (unpaired) electrons. The minimum Gasteiger partial charge on any atom is -0.468 e. The van der Waals surface area contributed by atoms with Crippen LogP contribution in [0.25, 0.3) is 11.1 Å². The third-order valence-corrected chi connectivity index (χ3v) is 6.74. The first-order valence-corrected chi connectivity index (χ1v) is 10.4. The molecule has 0 spiro atoms. The van der Waals surface area contributed by atoms with E-state index >= 15 is 0 Å². The molecule has 0 atom stereocenters. The SMILES string of the molecule is COCOc1ccc(-c2cc(=O)[nH]c(SCSC3CCC3)c2C#N)cc1. The molecule has 3 rings (SSSR count). The zero-order valence-corrected chi connectivity index (χ0v) is 16.1. The summed E-state index contributed by atoms with van der Waals surface area (Å²) in [6, 6.07) is 11.0. The predicted molar refractivity (Wildman–Crippen MR) is 106 cm³/mol. The molecule has 1 fully saturated rings. The molecule has 0 bridgehead atoms. The Bertz CT molecular complexity index is 839. The Morgan fingerprint density at radius 2 is 2.08 bits per heavy atom. The molecule has 1 aliphatic rings. The molecule has 0 aliphatic heterocycles. The van der Waals surface area contributed by atoms with Crippen molar-refractivity contribution in [2.24, 2.45) is 0 Å². The first-order chi connectivity index (χ1) is 12.7. The molecule has 26 heavy (non-hydrogen) atoms. The smallest absolute Gasteiger partial charge is 0.249 e. The molecule has 7 heteroatoms. The molecule has 0 saturated heterocycles. The van der Waals surface area contributed by atoms with Crippen molar-refractivity contribution in [2.75, 3.05) is 19.0 Å². The Hall–Kier alpha value is -1.88. The lowest BCUT2D eigenvalue weighted by Gasteiger charge is -2.24. The topological polar surface area (TPSA) is 75.1 Å². The molecule has 0 unspecified atom stereocenters. The van der Waals surface area contributed by atoms with Crippen molar-refractivity contribution in [3.8, 4) is 22.9 Å². The zero-order valence-electron chi connectivity index (χ0n) is 14.5. The number of aromatic nitrogens is 1. The molecule has 1 aliphatic carbocycles. The Morgan fingerprint density at radius 3 is 2.69 bits per heavy atom. The molecule has 0 amide bonds. The number of hydrogen-bond acceptors (Lipinski definition) is 6. The van der Waals surface area contributed by atoms with E-state index < -0.39 is 0 Å². The summed E-state index contributed by atoms with van der Waals surface area (Å²) in [6.07, 6.45) is 3.84. The number of ether oxygens (including phenoxy) is 2. The highest BCUT2D eigenvalue weighted by Crippen LogP contribution is 2.36. The maximum Gasteiger partial charge on any atom is 0.249 e. The van der Waals surface area contributed by atoms with Crippen molar-refractivity contribution in [1.82, 2.24) is 4.98 Å². The van der Waals surface area contributed by atoms with E-state index in [0.717, 1.165) is 15.9 Å². The van der Waals surface area contributed by atoms with Gasteiger partial charge in [-0.15, -0.1) is 11.8 Å². The summed E-state index contributed by atoms with van der Waals surface area (Å²) < 4.78 is 10.3. The monoisotopic (exact) mass is 388 g/mol. The van der Waals surface area contributed by atoms with Gasteiger partial charge in [-0.3, -0.25) is 4.79 Å². The van der Waals surface area contributed by atoms with Crippen LogP contribution in [-0.4, -0.2) is 29.2 Å². The predicted octanol–water partition coefficient (Wildman–Crippen LogP) is 4.23. The Balaban J connectivity index is 1.81. The largest absolute Gasteiger partial charge is 0.468 e. The Labute approximate surface area is 161 Å². The minimum atomic E-state index is -0.199. The van der Waals surface area contributed by atoms with Gasteiger partial charge in [0.2, 0.25) is 5.56 Å². The number of rotatable bonds is 8. The molecule has 1 saturated carbocycles. The van der Waals surface area contributed by atoms with Gasteiger partial charge in [0.1, 0.15) is 11.8 Å². The van der Waals surface area contributed by atoms with E-state index in [1.54, 1.807) is 19.2 Å². The second kappa shape index (κ2) is 9.17.